The monoisotopic (exact) mass is 954 g/mol. The summed E-state index contributed by atoms with van der Waals surface area (Å²) < 4.78 is 7.00. The Morgan fingerprint density at radius 1 is 0.280 bits per heavy atom. The number of furan rings is 1. The predicted molar refractivity (Wildman–Crippen MR) is 318 cm³/mol. The van der Waals surface area contributed by atoms with Crippen LogP contribution in [0.25, 0.3) is 109 Å². The lowest BCUT2D eigenvalue weighted by molar-refractivity contribution is 0.673. The quantitative estimate of drug-likeness (QED) is 0.171. The van der Waals surface area contributed by atoms with Gasteiger partial charge in [-0.3, -0.25) is 0 Å². The number of hydrogen-bond acceptors (Lipinski definition) is 3. The van der Waals surface area contributed by atoms with E-state index in [9.17, 15) is 0 Å². The Labute approximate surface area is 434 Å². The van der Waals surface area contributed by atoms with Crippen molar-refractivity contribution in [2.75, 3.05) is 9.80 Å². The van der Waals surface area contributed by atoms with Gasteiger partial charge in [0.1, 0.15) is 11.2 Å². The molecule has 0 aliphatic carbocycles. The maximum atomic E-state index is 7.00. The smallest absolute Gasteiger partial charge is 0.143 e. The van der Waals surface area contributed by atoms with E-state index in [0.717, 1.165) is 105 Å². The summed E-state index contributed by atoms with van der Waals surface area (Å²) in [6, 6.07) is 102. The summed E-state index contributed by atoms with van der Waals surface area (Å²) in [5.74, 6) is 0. The molecule has 13 aromatic carbocycles. The summed E-state index contributed by atoms with van der Waals surface area (Å²) in [6.07, 6.45) is 0. The van der Waals surface area contributed by atoms with Crippen molar-refractivity contribution in [1.29, 1.82) is 0 Å². The number of hydrogen-bond donors (Lipinski definition) is 0. The fourth-order valence-electron chi connectivity index (χ4n) is 12.1. The highest BCUT2D eigenvalue weighted by Gasteiger charge is 2.28. The molecule has 0 fully saturated rings. The van der Waals surface area contributed by atoms with Gasteiger partial charge >= 0.3 is 0 Å². The first-order valence-corrected chi connectivity index (χ1v) is 25.7. The first kappa shape index (κ1) is 42.7. The molecule has 3 nitrogen and oxygen atoms in total. The molecule has 15 rings (SSSR count). The van der Waals surface area contributed by atoms with E-state index in [-0.39, 0.29) is 0 Å². The van der Waals surface area contributed by atoms with Gasteiger partial charge in [-0.25, -0.2) is 0 Å². The minimum Gasteiger partial charge on any atom is -0.455 e. The van der Waals surface area contributed by atoms with Crippen molar-refractivity contribution in [2.45, 2.75) is 0 Å². The van der Waals surface area contributed by atoms with Crippen LogP contribution >= 0.6 is 0 Å². The van der Waals surface area contributed by atoms with Gasteiger partial charge in [0.05, 0.1) is 17.1 Å². The molecule has 0 atom stereocenters. The van der Waals surface area contributed by atoms with Crippen LogP contribution in [0, 0.1) is 0 Å². The lowest BCUT2D eigenvalue weighted by atomic mass is 9.92. The van der Waals surface area contributed by atoms with E-state index < -0.39 is 0 Å². The molecule has 0 amide bonds. The standard InChI is InChI=1S/C72H46N2O/c1-3-21-47(22-4-1)51-25-13-17-35-67(51)73(50-39-41-57-59-31-14-18-36-68(59)74(48-23-5-2-6-24-48)69-37-19-15-32-60(69)66(57)46-50)49-40-42-58-63-43-44-64-61-33-16-20-38-70(61)75-72(64)71(63)62-34-12-11-29-55(62)53-27-8-7-26-52(53)54-28-9-10-30-56(54)65(58)45-49/h1-46H. The zero-order chi connectivity index (χ0) is 49.4. The summed E-state index contributed by atoms with van der Waals surface area (Å²) in [6.45, 7) is 0. The highest BCUT2D eigenvalue weighted by atomic mass is 16.3. The molecule has 0 bridgehead atoms. The van der Waals surface area contributed by atoms with Crippen molar-refractivity contribution in [3.05, 3.63) is 279 Å². The molecule has 1 aliphatic heterocycles. The number of fused-ring (bicyclic) bond motifs is 19. The summed E-state index contributed by atoms with van der Waals surface area (Å²) in [4.78, 5) is 4.89. The average molecular weight is 955 g/mol. The zero-order valence-electron chi connectivity index (χ0n) is 40.9. The molecule has 0 spiro atoms. The van der Waals surface area contributed by atoms with Crippen molar-refractivity contribution >= 4 is 110 Å². The maximum absolute atomic E-state index is 7.00. The lowest BCUT2D eigenvalue weighted by Crippen LogP contribution is -2.11. The molecule has 2 heterocycles. The summed E-state index contributed by atoms with van der Waals surface area (Å²) in [5.41, 5.74) is 15.3. The van der Waals surface area contributed by atoms with E-state index >= 15 is 0 Å². The van der Waals surface area contributed by atoms with Crippen LogP contribution in [0.5, 0.6) is 0 Å². The second kappa shape index (κ2) is 17.4. The minimum absolute atomic E-state index is 0.879. The van der Waals surface area contributed by atoms with E-state index in [4.69, 9.17) is 4.42 Å². The zero-order valence-corrected chi connectivity index (χ0v) is 40.9. The van der Waals surface area contributed by atoms with Crippen LogP contribution in [0.1, 0.15) is 0 Å². The Morgan fingerprint density at radius 3 is 1.43 bits per heavy atom. The average Bonchev–Trinajstić information content (AvgIpc) is 3.86. The second-order valence-electron chi connectivity index (χ2n) is 19.5. The van der Waals surface area contributed by atoms with Crippen LogP contribution in [0.3, 0.4) is 0 Å². The maximum Gasteiger partial charge on any atom is 0.143 e. The second-order valence-corrected chi connectivity index (χ2v) is 19.5. The third kappa shape index (κ3) is 6.83. The molecule has 0 N–H and O–H groups in total. The number of anilines is 6. The Morgan fingerprint density at radius 2 is 0.733 bits per heavy atom. The number of benzene rings is 12. The van der Waals surface area contributed by atoms with Gasteiger partial charge in [-0.2, -0.15) is 0 Å². The lowest BCUT2D eigenvalue weighted by Gasteiger charge is -2.29. The van der Waals surface area contributed by atoms with Crippen molar-refractivity contribution in [3.63, 3.8) is 0 Å². The normalized spacial score (nSPS) is 12.0. The third-order valence-electron chi connectivity index (χ3n) is 15.4. The summed E-state index contributed by atoms with van der Waals surface area (Å²) in [5, 5.41) is 13.7. The van der Waals surface area contributed by atoms with Crippen molar-refractivity contribution < 1.29 is 4.42 Å². The van der Waals surface area contributed by atoms with Gasteiger partial charge in [0.2, 0.25) is 0 Å². The van der Waals surface area contributed by atoms with Crippen LogP contribution in [0.2, 0.25) is 0 Å². The van der Waals surface area contributed by atoms with E-state index in [2.05, 4.69) is 289 Å². The Balaban J connectivity index is 1.08. The van der Waals surface area contributed by atoms with Gasteiger partial charge < -0.3 is 14.2 Å². The van der Waals surface area contributed by atoms with E-state index in [1.54, 1.807) is 0 Å². The fraction of sp³-hybridized carbons (Fsp3) is 0. The number of rotatable bonds is 5. The van der Waals surface area contributed by atoms with Gasteiger partial charge in [0.25, 0.3) is 0 Å². The molecule has 75 heavy (non-hydrogen) atoms. The molecule has 14 aromatic rings. The molecule has 3 heteroatoms. The minimum atomic E-state index is 0.879. The molecule has 0 saturated heterocycles. The number of para-hydroxylation sites is 5. The Bertz CT molecular complexity index is 4670. The largest absolute Gasteiger partial charge is 0.455 e. The molecular formula is C72H46N2O. The molecule has 1 aliphatic rings. The number of nitrogens with zero attached hydrogens (tertiary/aromatic N) is 2. The van der Waals surface area contributed by atoms with Crippen LogP contribution in [0.15, 0.2) is 283 Å². The molecule has 0 saturated carbocycles. The van der Waals surface area contributed by atoms with Crippen molar-refractivity contribution in [2.24, 2.45) is 0 Å². The predicted octanol–water partition coefficient (Wildman–Crippen LogP) is 20.7. The molecule has 0 radical (unpaired) electrons. The van der Waals surface area contributed by atoms with Gasteiger partial charge in [0, 0.05) is 49.9 Å². The molecule has 0 unspecified atom stereocenters. The van der Waals surface area contributed by atoms with Gasteiger partial charge in [-0.1, -0.05) is 212 Å². The highest BCUT2D eigenvalue weighted by molar-refractivity contribution is 6.31. The van der Waals surface area contributed by atoms with Crippen LogP contribution in [0.4, 0.5) is 34.1 Å². The van der Waals surface area contributed by atoms with Crippen molar-refractivity contribution in [3.8, 4) is 33.4 Å². The van der Waals surface area contributed by atoms with E-state index in [1.807, 2.05) is 0 Å². The van der Waals surface area contributed by atoms with Crippen LogP contribution < -0.4 is 9.80 Å². The van der Waals surface area contributed by atoms with Gasteiger partial charge in [0.15, 0.2) is 0 Å². The van der Waals surface area contributed by atoms with E-state index in [1.165, 1.54) is 38.2 Å². The highest BCUT2D eigenvalue weighted by Crippen LogP contribution is 2.53. The van der Waals surface area contributed by atoms with Crippen LogP contribution in [-0.2, 0) is 0 Å². The van der Waals surface area contributed by atoms with Crippen LogP contribution in [-0.4, -0.2) is 0 Å². The molecule has 350 valence electrons. The Kier molecular flexibility index (Phi) is 9.89. The summed E-state index contributed by atoms with van der Waals surface area (Å²) >= 11 is 0. The summed E-state index contributed by atoms with van der Waals surface area (Å²) in [7, 11) is 0. The topological polar surface area (TPSA) is 19.6 Å². The first-order valence-electron chi connectivity index (χ1n) is 25.7. The first-order chi connectivity index (χ1) is 37.2. The Hall–Kier alpha value is -9.96. The van der Waals surface area contributed by atoms with Gasteiger partial charge in [-0.05, 0) is 132 Å². The van der Waals surface area contributed by atoms with Crippen molar-refractivity contribution in [1.82, 2.24) is 0 Å². The molecular weight excluding hydrogens is 909 g/mol. The third-order valence-corrected chi connectivity index (χ3v) is 15.4. The fourth-order valence-corrected chi connectivity index (χ4v) is 12.1. The van der Waals surface area contributed by atoms with Gasteiger partial charge in [-0.15, -0.1) is 0 Å². The molecule has 1 aromatic heterocycles. The SMILES string of the molecule is c1ccc(-c2ccccc2N(c2ccc3c(c2)-c2ccccc2N(c2ccccc2)c2ccccc2-3)c2ccc3c(c2)c2ccccc2c2ccccc2c2ccccc2c2c3ccc3c4ccccc4oc32)cc1. The van der Waals surface area contributed by atoms with E-state index in [0.29, 0.717) is 0 Å².